The quantitative estimate of drug-likeness (QED) is 0.214. The summed E-state index contributed by atoms with van der Waals surface area (Å²) in [6.07, 6.45) is -7.45. The highest BCUT2D eigenvalue weighted by Crippen LogP contribution is 2.35. The molecule has 1 aliphatic rings. The first-order valence-electron chi connectivity index (χ1n) is 12.7. The molecule has 4 atom stereocenters. The molecule has 0 spiro atoms. The zero-order valence-electron chi connectivity index (χ0n) is 21.7. The number of alkyl halides is 3. The lowest BCUT2D eigenvalue weighted by molar-refractivity contribution is -0.137. The van der Waals surface area contributed by atoms with Crippen LogP contribution in [0.1, 0.15) is 44.5 Å². The SMILES string of the molecule is Nc1ccnc2c1ncn2[C@@H]1O[C@H](COc2cc(CCC(=O)c3ccccc3C(=O)O)cc(C(F)(F)F)c2)[C@@H](O)[C@H]1O. The van der Waals surface area contributed by atoms with Crippen molar-refractivity contribution in [1.29, 1.82) is 0 Å². The number of aliphatic hydroxyl groups is 2. The van der Waals surface area contributed by atoms with Gasteiger partial charge in [0.25, 0.3) is 0 Å². The van der Waals surface area contributed by atoms with Crippen molar-refractivity contribution < 1.29 is 47.6 Å². The van der Waals surface area contributed by atoms with Gasteiger partial charge in [-0.05, 0) is 42.3 Å². The number of carboxylic acids is 1. The van der Waals surface area contributed by atoms with E-state index in [0.29, 0.717) is 16.9 Å². The Bertz CT molecular complexity index is 1640. The van der Waals surface area contributed by atoms with E-state index in [1.165, 1.54) is 47.4 Å². The topological polar surface area (TPSA) is 170 Å². The molecule has 42 heavy (non-hydrogen) atoms. The van der Waals surface area contributed by atoms with Crippen molar-refractivity contribution in [3.05, 3.63) is 83.3 Å². The highest BCUT2D eigenvalue weighted by molar-refractivity contribution is 6.05. The van der Waals surface area contributed by atoms with Crippen molar-refractivity contribution in [3.63, 3.8) is 0 Å². The number of Topliss-reactive ketones (excluding diaryl/α,β-unsaturated/α-hetero) is 1. The van der Waals surface area contributed by atoms with Crippen LogP contribution < -0.4 is 10.5 Å². The monoisotopic (exact) mass is 586 g/mol. The van der Waals surface area contributed by atoms with E-state index >= 15 is 0 Å². The van der Waals surface area contributed by atoms with Gasteiger partial charge in [0.2, 0.25) is 0 Å². The Morgan fingerprint density at radius 1 is 1.05 bits per heavy atom. The number of carbonyl (C=O) groups is 2. The summed E-state index contributed by atoms with van der Waals surface area (Å²) in [5, 5.41) is 30.6. The molecule has 0 aliphatic carbocycles. The van der Waals surface area contributed by atoms with Crippen LogP contribution in [-0.2, 0) is 17.3 Å². The minimum absolute atomic E-state index is 0.0440. The predicted octanol–water partition coefficient (Wildman–Crippen LogP) is 3.24. The minimum atomic E-state index is -4.73. The average Bonchev–Trinajstić information content (AvgIpc) is 3.51. The Morgan fingerprint density at radius 2 is 1.79 bits per heavy atom. The number of aryl methyl sites for hydroxylation is 1. The first kappa shape index (κ1) is 29.0. The number of hydrogen-bond acceptors (Lipinski definition) is 9. The minimum Gasteiger partial charge on any atom is -0.491 e. The largest absolute Gasteiger partial charge is 0.491 e. The van der Waals surface area contributed by atoms with Gasteiger partial charge in [0.1, 0.15) is 36.2 Å². The average molecular weight is 587 g/mol. The van der Waals surface area contributed by atoms with Crippen molar-refractivity contribution in [2.24, 2.45) is 0 Å². The van der Waals surface area contributed by atoms with Gasteiger partial charge in [-0.1, -0.05) is 18.2 Å². The summed E-state index contributed by atoms with van der Waals surface area (Å²) in [5.74, 6) is -2.04. The Labute approximate surface area is 235 Å². The molecule has 5 N–H and O–H groups in total. The van der Waals surface area contributed by atoms with E-state index in [4.69, 9.17) is 15.2 Å². The third kappa shape index (κ3) is 5.77. The first-order chi connectivity index (χ1) is 19.9. The van der Waals surface area contributed by atoms with Crippen molar-refractivity contribution >= 4 is 28.6 Å². The van der Waals surface area contributed by atoms with Gasteiger partial charge in [-0.2, -0.15) is 13.2 Å². The number of fused-ring (bicyclic) bond motifs is 1. The molecule has 0 amide bonds. The summed E-state index contributed by atoms with van der Waals surface area (Å²) in [6.45, 7) is -0.414. The summed E-state index contributed by atoms with van der Waals surface area (Å²) in [4.78, 5) is 32.5. The zero-order valence-corrected chi connectivity index (χ0v) is 21.7. The van der Waals surface area contributed by atoms with Gasteiger partial charge in [0, 0.05) is 18.2 Å². The molecule has 1 saturated heterocycles. The molecule has 0 unspecified atom stereocenters. The van der Waals surface area contributed by atoms with Gasteiger partial charge in [0.15, 0.2) is 17.7 Å². The van der Waals surface area contributed by atoms with E-state index in [9.17, 15) is 38.1 Å². The predicted molar refractivity (Wildman–Crippen MR) is 141 cm³/mol. The number of aliphatic hydroxyl groups excluding tert-OH is 2. The fraction of sp³-hybridized carbons (Fsp3) is 0.286. The number of pyridine rings is 1. The number of nitrogen functional groups attached to an aromatic ring is 1. The molecule has 1 aliphatic heterocycles. The van der Waals surface area contributed by atoms with Crippen molar-refractivity contribution in [3.8, 4) is 5.75 Å². The van der Waals surface area contributed by atoms with Crippen molar-refractivity contribution in [2.45, 2.75) is 43.6 Å². The smallest absolute Gasteiger partial charge is 0.416 e. The van der Waals surface area contributed by atoms with Gasteiger partial charge < -0.3 is 30.5 Å². The number of ether oxygens (including phenoxy) is 2. The van der Waals surface area contributed by atoms with Crippen LogP contribution in [0.3, 0.4) is 0 Å². The Morgan fingerprint density at radius 3 is 2.50 bits per heavy atom. The highest BCUT2D eigenvalue weighted by Gasteiger charge is 2.45. The molecule has 220 valence electrons. The molecular weight excluding hydrogens is 561 g/mol. The summed E-state index contributed by atoms with van der Waals surface area (Å²) >= 11 is 0. The number of carboxylic acid groups (broad SMARTS) is 1. The number of carbonyl (C=O) groups excluding carboxylic acids is 1. The molecule has 0 saturated carbocycles. The molecule has 2 aromatic heterocycles. The van der Waals surface area contributed by atoms with E-state index in [1.54, 1.807) is 6.07 Å². The number of aromatic nitrogens is 3. The van der Waals surface area contributed by atoms with Crippen molar-refractivity contribution in [2.75, 3.05) is 12.3 Å². The summed E-state index contributed by atoms with van der Waals surface area (Å²) in [5.41, 5.74) is 5.77. The van der Waals surface area contributed by atoms with E-state index in [0.717, 1.165) is 12.1 Å². The lowest BCUT2D eigenvalue weighted by Gasteiger charge is -2.18. The van der Waals surface area contributed by atoms with Gasteiger partial charge in [-0.15, -0.1) is 0 Å². The lowest BCUT2D eigenvalue weighted by Crippen LogP contribution is -2.34. The number of rotatable bonds is 9. The van der Waals surface area contributed by atoms with Crippen molar-refractivity contribution in [1.82, 2.24) is 14.5 Å². The second-order valence-corrected chi connectivity index (χ2v) is 9.72. The fourth-order valence-corrected chi connectivity index (χ4v) is 4.77. The molecule has 5 rings (SSSR count). The maximum Gasteiger partial charge on any atom is 0.416 e. The lowest BCUT2D eigenvalue weighted by atomic mass is 9.97. The molecule has 0 radical (unpaired) electrons. The number of aromatic carboxylic acids is 1. The zero-order chi connectivity index (χ0) is 30.2. The molecule has 1 fully saturated rings. The molecule has 14 heteroatoms. The van der Waals surface area contributed by atoms with Crippen LogP contribution in [0.25, 0.3) is 11.2 Å². The van der Waals surface area contributed by atoms with Crippen LogP contribution in [0.5, 0.6) is 5.75 Å². The number of hydrogen-bond donors (Lipinski definition) is 4. The van der Waals surface area contributed by atoms with E-state index in [1.807, 2.05) is 0 Å². The second kappa shape index (κ2) is 11.4. The van der Waals surface area contributed by atoms with Gasteiger partial charge in [0.05, 0.1) is 23.1 Å². The maximum atomic E-state index is 13.7. The van der Waals surface area contributed by atoms with E-state index in [2.05, 4.69) is 9.97 Å². The second-order valence-electron chi connectivity index (χ2n) is 9.72. The third-order valence-electron chi connectivity index (χ3n) is 6.91. The molecule has 0 bridgehead atoms. The Kier molecular flexibility index (Phi) is 7.86. The third-order valence-corrected chi connectivity index (χ3v) is 6.91. The maximum absolute atomic E-state index is 13.7. The van der Waals surface area contributed by atoms with Crippen LogP contribution in [0.4, 0.5) is 18.9 Å². The first-order valence-corrected chi connectivity index (χ1v) is 12.7. The number of ketones is 1. The highest BCUT2D eigenvalue weighted by atomic mass is 19.4. The molecule has 11 nitrogen and oxygen atoms in total. The summed E-state index contributed by atoms with van der Waals surface area (Å²) < 4.78 is 53.7. The molecule has 4 aromatic rings. The van der Waals surface area contributed by atoms with Gasteiger partial charge in [-0.25, -0.2) is 14.8 Å². The normalized spacial score (nSPS) is 20.6. The fourth-order valence-electron chi connectivity index (χ4n) is 4.77. The molecule has 2 aromatic carbocycles. The number of anilines is 1. The summed E-state index contributed by atoms with van der Waals surface area (Å²) in [6, 6.07) is 10.1. The number of halogens is 3. The number of benzene rings is 2. The standard InChI is InChI=1S/C28H25F3N4O7/c29-28(30,31)15-9-14(5-6-20(36)17-3-1-2-4-18(17)27(39)40)10-16(11-15)41-12-21-23(37)24(38)26(42-21)35-13-34-22-19(32)7-8-33-25(22)35/h1-4,7-11,13,21,23-24,26,37-38H,5-6,12H2,(H2,32,33)(H,39,40)/t21-,23-,24-,26-/m1/s1. The number of imidazole rings is 1. The van der Waals surface area contributed by atoms with Crippen LogP contribution in [0.15, 0.2) is 61.1 Å². The van der Waals surface area contributed by atoms with Crippen LogP contribution in [0, 0.1) is 0 Å². The van der Waals surface area contributed by atoms with E-state index < -0.39 is 54.6 Å². The van der Waals surface area contributed by atoms with Crippen LogP contribution in [0.2, 0.25) is 0 Å². The van der Waals surface area contributed by atoms with Crippen LogP contribution in [-0.4, -0.2) is 66.5 Å². The Hall–Kier alpha value is -4.53. The van der Waals surface area contributed by atoms with E-state index in [-0.39, 0.29) is 35.3 Å². The summed E-state index contributed by atoms with van der Waals surface area (Å²) in [7, 11) is 0. The molecular formula is C28H25F3N4O7. The Balaban J connectivity index is 1.31. The number of nitrogens with zero attached hydrogens (tertiary/aromatic N) is 3. The van der Waals surface area contributed by atoms with Crippen LogP contribution >= 0.6 is 0 Å². The van der Waals surface area contributed by atoms with Gasteiger partial charge >= 0.3 is 12.1 Å². The number of nitrogens with two attached hydrogens (primary N) is 1. The van der Waals surface area contributed by atoms with Gasteiger partial charge in [-0.3, -0.25) is 9.36 Å². The molecule has 3 heterocycles.